The third-order valence-electron chi connectivity index (χ3n) is 2.44. The lowest BCUT2D eigenvalue weighted by atomic mass is 10.4. The molecule has 1 fully saturated rings. The zero-order valence-electron chi connectivity index (χ0n) is 9.96. The largest absolute Gasteiger partial charge is 0.380 e. The van der Waals surface area contributed by atoms with E-state index in [1.807, 2.05) is 6.92 Å². The van der Waals surface area contributed by atoms with Crippen LogP contribution in [0.3, 0.4) is 0 Å². The number of nitrogens with zero attached hydrogens (tertiary/aromatic N) is 2. The second-order valence-corrected chi connectivity index (χ2v) is 3.63. The molecule has 0 spiro atoms. The minimum absolute atomic E-state index is 0.721. The molecule has 0 atom stereocenters. The molecule has 0 aromatic rings. The van der Waals surface area contributed by atoms with Gasteiger partial charge in [-0.05, 0) is 26.7 Å². The maximum Gasteiger partial charge on any atom is 0.193 e. The molecule has 0 aromatic heterocycles. The lowest BCUT2D eigenvalue weighted by molar-refractivity contribution is 0.155. The van der Waals surface area contributed by atoms with E-state index in [4.69, 9.17) is 4.74 Å². The summed E-state index contributed by atoms with van der Waals surface area (Å²) < 4.78 is 5.27. The maximum absolute atomic E-state index is 5.27. The van der Waals surface area contributed by atoms with Gasteiger partial charge in [0.1, 0.15) is 0 Å². The average molecular weight is 213 g/mol. The molecular weight excluding hydrogens is 190 g/mol. The number of aliphatic imine (C=N–C) groups is 1. The minimum Gasteiger partial charge on any atom is -0.380 e. The van der Waals surface area contributed by atoms with Gasteiger partial charge in [0.05, 0.1) is 13.2 Å². The van der Waals surface area contributed by atoms with Gasteiger partial charge in [-0.1, -0.05) is 0 Å². The molecule has 0 bridgehead atoms. The highest BCUT2D eigenvalue weighted by molar-refractivity contribution is 5.80. The van der Waals surface area contributed by atoms with Gasteiger partial charge in [-0.15, -0.1) is 0 Å². The van der Waals surface area contributed by atoms with Crippen LogP contribution in [0.1, 0.15) is 26.7 Å². The fourth-order valence-corrected chi connectivity index (χ4v) is 1.72. The number of rotatable bonds is 5. The summed E-state index contributed by atoms with van der Waals surface area (Å²) in [5.74, 6) is 1.05. The van der Waals surface area contributed by atoms with E-state index in [9.17, 15) is 0 Å². The highest BCUT2D eigenvalue weighted by Crippen LogP contribution is 2.07. The van der Waals surface area contributed by atoms with Crippen molar-refractivity contribution in [2.45, 2.75) is 26.7 Å². The number of hydrogen-bond donors (Lipinski definition) is 1. The molecule has 88 valence electrons. The summed E-state index contributed by atoms with van der Waals surface area (Å²) >= 11 is 0. The molecule has 0 aromatic carbocycles. The first kappa shape index (κ1) is 12.3. The molecule has 1 N–H and O–H groups in total. The number of nitrogens with one attached hydrogen (secondary N) is 1. The Morgan fingerprint density at radius 3 is 2.67 bits per heavy atom. The standard InChI is InChI=1S/C11H23N3O/c1-3-12-11(13-7-10-15-4-2)14-8-5-6-9-14/h3-10H2,1-2H3,(H,12,13). The molecule has 0 unspecified atom stereocenters. The van der Waals surface area contributed by atoms with Crippen LogP contribution in [-0.4, -0.2) is 50.3 Å². The molecule has 0 amide bonds. The van der Waals surface area contributed by atoms with Crippen molar-refractivity contribution in [3.63, 3.8) is 0 Å². The van der Waals surface area contributed by atoms with E-state index >= 15 is 0 Å². The van der Waals surface area contributed by atoms with Gasteiger partial charge in [0, 0.05) is 26.2 Å². The van der Waals surface area contributed by atoms with Gasteiger partial charge in [0.15, 0.2) is 5.96 Å². The smallest absolute Gasteiger partial charge is 0.193 e. The van der Waals surface area contributed by atoms with E-state index in [0.717, 1.165) is 45.4 Å². The van der Waals surface area contributed by atoms with Gasteiger partial charge >= 0.3 is 0 Å². The highest BCUT2D eigenvalue weighted by Gasteiger charge is 2.14. The second kappa shape index (κ2) is 7.51. The van der Waals surface area contributed by atoms with Crippen LogP contribution in [0.15, 0.2) is 4.99 Å². The first-order valence-electron chi connectivity index (χ1n) is 5.99. The molecule has 1 heterocycles. The zero-order chi connectivity index (χ0) is 10.9. The SMILES string of the molecule is CCNC(=NCCOCC)N1CCCC1. The predicted molar refractivity (Wildman–Crippen MR) is 63.3 cm³/mol. The lowest BCUT2D eigenvalue weighted by Gasteiger charge is -2.20. The van der Waals surface area contributed by atoms with Crippen molar-refractivity contribution in [3.8, 4) is 0 Å². The normalized spacial score (nSPS) is 17.2. The first-order chi connectivity index (χ1) is 7.38. The third-order valence-corrected chi connectivity index (χ3v) is 2.44. The number of ether oxygens (including phenoxy) is 1. The number of hydrogen-bond acceptors (Lipinski definition) is 2. The Morgan fingerprint density at radius 1 is 1.33 bits per heavy atom. The van der Waals surface area contributed by atoms with Crippen LogP contribution in [0.25, 0.3) is 0 Å². The molecule has 15 heavy (non-hydrogen) atoms. The van der Waals surface area contributed by atoms with Crippen LogP contribution in [0.4, 0.5) is 0 Å². The zero-order valence-corrected chi connectivity index (χ0v) is 9.96. The summed E-state index contributed by atoms with van der Waals surface area (Å²) in [7, 11) is 0. The molecule has 4 nitrogen and oxygen atoms in total. The van der Waals surface area contributed by atoms with E-state index in [0.29, 0.717) is 0 Å². The van der Waals surface area contributed by atoms with Crippen LogP contribution in [0.2, 0.25) is 0 Å². The molecular formula is C11H23N3O. The Kier molecular flexibility index (Phi) is 6.16. The maximum atomic E-state index is 5.27. The van der Waals surface area contributed by atoms with E-state index in [1.165, 1.54) is 12.8 Å². The van der Waals surface area contributed by atoms with Crippen molar-refractivity contribution in [1.82, 2.24) is 10.2 Å². The van der Waals surface area contributed by atoms with Crippen LogP contribution in [-0.2, 0) is 4.74 Å². The summed E-state index contributed by atoms with van der Waals surface area (Å²) in [6.07, 6.45) is 2.58. The lowest BCUT2D eigenvalue weighted by Crippen LogP contribution is -2.39. The van der Waals surface area contributed by atoms with Gasteiger partial charge in [-0.2, -0.15) is 0 Å². The fourth-order valence-electron chi connectivity index (χ4n) is 1.72. The summed E-state index contributed by atoms with van der Waals surface area (Å²) in [6, 6.07) is 0. The molecule has 1 aliphatic heterocycles. The first-order valence-corrected chi connectivity index (χ1v) is 5.99. The third kappa shape index (κ3) is 4.51. The van der Waals surface area contributed by atoms with Gasteiger partial charge in [-0.25, -0.2) is 0 Å². The summed E-state index contributed by atoms with van der Waals surface area (Å²) in [5, 5.41) is 3.32. The topological polar surface area (TPSA) is 36.9 Å². The minimum atomic E-state index is 0.721. The summed E-state index contributed by atoms with van der Waals surface area (Å²) in [6.45, 7) is 9.58. The molecule has 4 heteroatoms. The highest BCUT2D eigenvalue weighted by atomic mass is 16.5. The molecule has 0 saturated carbocycles. The van der Waals surface area contributed by atoms with Gasteiger partial charge in [0.2, 0.25) is 0 Å². The Labute approximate surface area is 92.7 Å². The quantitative estimate of drug-likeness (QED) is 0.422. The van der Waals surface area contributed by atoms with E-state index in [1.54, 1.807) is 0 Å². The molecule has 1 saturated heterocycles. The van der Waals surface area contributed by atoms with Crippen LogP contribution >= 0.6 is 0 Å². The average Bonchev–Trinajstić information content (AvgIpc) is 2.76. The summed E-state index contributed by atoms with van der Waals surface area (Å²) in [5.41, 5.74) is 0. The van der Waals surface area contributed by atoms with Gasteiger partial charge in [-0.3, -0.25) is 4.99 Å². The summed E-state index contributed by atoms with van der Waals surface area (Å²) in [4.78, 5) is 6.87. The molecule has 0 radical (unpaired) electrons. The van der Waals surface area contributed by atoms with Crippen LogP contribution < -0.4 is 5.32 Å². The van der Waals surface area contributed by atoms with Crippen molar-refractivity contribution in [2.75, 3.05) is 39.4 Å². The Balaban J connectivity index is 2.33. The van der Waals surface area contributed by atoms with Gasteiger partial charge < -0.3 is 15.0 Å². The van der Waals surface area contributed by atoms with Crippen molar-refractivity contribution in [3.05, 3.63) is 0 Å². The molecule has 1 rings (SSSR count). The van der Waals surface area contributed by atoms with Crippen molar-refractivity contribution in [2.24, 2.45) is 4.99 Å². The van der Waals surface area contributed by atoms with E-state index in [-0.39, 0.29) is 0 Å². The molecule has 0 aliphatic carbocycles. The molecule has 1 aliphatic rings. The predicted octanol–water partition coefficient (Wildman–Crippen LogP) is 1.08. The van der Waals surface area contributed by atoms with Crippen molar-refractivity contribution < 1.29 is 4.74 Å². The Bertz CT molecular complexity index is 188. The van der Waals surface area contributed by atoms with E-state index < -0.39 is 0 Å². The fraction of sp³-hybridized carbons (Fsp3) is 0.909. The Morgan fingerprint density at radius 2 is 2.07 bits per heavy atom. The van der Waals surface area contributed by atoms with Crippen molar-refractivity contribution >= 4 is 5.96 Å². The second-order valence-electron chi connectivity index (χ2n) is 3.63. The van der Waals surface area contributed by atoms with Crippen molar-refractivity contribution in [1.29, 1.82) is 0 Å². The monoisotopic (exact) mass is 213 g/mol. The van der Waals surface area contributed by atoms with Crippen LogP contribution in [0.5, 0.6) is 0 Å². The number of guanidine groups is 1. The van der Waals surface area contributed by atoms with E-state index in [2.05, 4.69) is 22.1 Å². The van der Waals surface area contributed by atoms with Gasteiger partial charge in [0.25, 0.3) is 0 Å². The van der Waals surface area contributed by atoms with Crippen LogP contribution in [0, 0.1) is 0 Å². The number of likely N-dealkylation sites (tertiary alicyclic amines) is 1. The Hall–Kier alpha value is -0.770.